The standard InChI is InChI=1S/C15H13N3OS/c1-9(19)11-7-6-10(8-12(11)16)20-15-17-13-4-2-3-5-14(13)18-15/h2-8H,16H2,1H3,(H,17,18). The third-order valence-corrected chi connectivity index (χ3v) is 3.86. The van der Waals surface area contributed by atoms with Crippen molar-refractivity contribution in [1.29, 1.82) is 0 Å². The first-order valence-electron chi connectivity index (χ1n) is 6.16. The highest BCUT2D eigenvalue weighted by Gasteiger charge is 2.08. The number of anilines is 1. The molecule has 0 amide bonds. The van der Waals surface area contributed by atoms with Crippen LogP contribution in [0.1, 0.15) is 17.3 Å². The Morgan fingerprint density at radius 2 is 2.05 bits per heavy atom. The van der Waals surface area contributed by atoms with Crippen LogP contribution in [0.25, 0.3) is 11.0 Å². The van der Waals surface area contributed by atoms with E-state index in [4.69, 9.17) is 5.73 Å². The number of ketones is 1. The molecule has 0 bridgehead atoms. The van der Waals surface area contributed by atoms with Crippen LogP contribution in [-0.4, -0.2) is 15.8 Å². The minimum Gasteiger partial charge on any atom is -0.398 e. The predicted octanol–water partition coefficient (Wildman–Crippen LogP) is 3.50. The molecule has 1 heterocycles. The van der Waals surface area contributed by atoms with Gasteiger partial charge in [-0.1, -0.05) is 23.9 Å². The molecule has 0 unspecified atom stereocenters. The van der Waals surface area contributed by atoms with E-state index in [0.717, 1.165) is 21.1 Å². The number of nitrogen functional groups attached to an aromatic ring is 1. The summed E-state index contributed by atoms with van der Waals surface area (Å²) in [6, 6.07) is 13.3. The minimum absolute atomic E-state index is 0.0252. The number of H-pyrrole nitrogens is 1. The summed E-state index contributed by atoms with van der Waals surface area (Å²) in [6.07, 6.45) is 0. The summed E-state index contributed by atoms with van der Waals surface area (Å²) < 4.78 is 0. The Balaban J connectivity index is 1.90. The molecule has 5 heteroatoms. The van der Waals surface area contributed by atoms with Gasteiger partial charge in [-0.25, -0.2) is 4.98 Å². The maximum absolute atomic E-state index is 11.3. The number of benzene rings is 2. The topological polar surface area (TPSA) is 71.8 Å². The van der Waals surface area contributed by atoms with Crippen LogP contribution in [0.5, 0.6) is 0 Å². The van der Waals surface area contributed by atoms with E-state index >= 15 is 0 Å². The smallest absolute Gasteiger partial charge is 0.171 e. The van der Waals surface area contributed by atoms with Crippen molar-refractivity contribution in [2.45, 2.75) is 17.0 Å². The molecule has 100 valence electrons. The number of fused-ring (bicyclic) bond motifs is 1. The number of rotatable bonds is 3. The molecule has 0 saturated carbocycles. The van der Waals surface area contributed by atoms with Crippen molar-refractivity contribution in [2.24, 2.45) is 0 Å². The fourth-order valence-corrected chi connectivity index (χ4v) is 2.86. The number of aromatic amines is 1. The lowest BCUT2D eigenvalue weighted by molar-refractivity contribution is 0.101. The molecule has 0 atom stereocenters. The molecule has 0 radical (unpaired) electrons. The van der Waals surface area contributed by atoms with Crippen molar-refractivity contribution in [1.82, 2.24) is 9.97 Å². The molecule has 3 N–H and O–H groups in total. The van der Waals surface area contributed by atoms with Crippen molar-refractivity contribution in [3.05, 3.63) is 48.0 Å². The van der Waals surface area contributed by atoms with E-state index in [9.17, 15) is 4.79 Å². The van der Waals surface area contributed by atoms with Crippen LogP contribution < -0.4 is 5.73 Å². The maximum Gasteiger partial charge on any atom is 0.171 e. The van der Waals surface area contributed by atoms with Gasteiger partial charge in [0, 0.05) is 16.1 Å². The molecular weight excluding hydrogens is 270 g/mol. The Morgan fingerprint density at radius 3 is 2.75 bits per heavy atom. The highest BCUT2D eigenvalue weighted by atomic mass is 32.2. The number of para-hydroxylation sites is 2. The summed E-state index contributed by atoms with van der Waals surface area (Å²) in [4.78, 5) is 20.0. The van der Waals surface area contributed by atoms with Gasteiger partial charge in [0.2, 0.25) is 0 Å². The zero-order chi connectivity index (χ0) is 14.1. The average Bonchev–Trinajstić information content (AvgIpc) is 2.80. The maximum atomic E-state index is 11.3. The number of aromatic nitrogens is 2. The van der Waals surface area contributed by atoms with Gasteiger partial charge in [0.15, 0.2) is 10.9 Å². The predicted molar refractivity (Wildman–Crippen MR) is 81.1 cm³/mol. The first-order valence-corrected chi connectivity index (χ1v) is 6.98. The van der Waals surface area contributed by atoms with Gasteiger partial charge in [-0.2, -0.15) is 0 Å². The summed E-state index contributed by atoms with van der Waals surface area (Å²) in [5, 5.41) is 0.807. The van der Waals surface area contributed by atoms with Gasteiger partial charge >= 0.3 is 0 Å². The Bertz CT molecular complexity index is 762. The highest BCUT2D eigenvalue weighted by molar-refractivity contribution is 7.99. The Labute approximate surface area is 120 Å². The first kappa shape index (κ1) is 12.7. The van der Waals surface area contributed by atoms with Crippen LogP contribution >= 0.6 is 11.8 Å². The number of carbonyl (C=O) groups excluding carboxylic acids is 1. The Morgan fingerprint density at radius 1 is 1.25 bits per heavy atom. The van der Waals surface area contributed by atoms with Crippen molar-refractivity contribution in [2.75, 3.05) is 5.73 Å². The molecule has 0 aliphatic carbocycles. The van der Waals surface area contributed by atoms with Gasteiger partial charge in [-0.05, 0) is 37.3 Å². The molecule has 0 aliphatic rings. The Kier molecular flexibility index (Phi) is 3.20. The zero-order valence-electron chi connectivity index (χ0n) is 10.9. The monoisotopic (exact) mass is 283 g/mol. The fourth-order valence-electron chi connectivity index (χ4n) is 2.01. The van der Waals surface area contributed by atoms with Gasteiger partial charge in [0.1, 0.15) is 0 Å². The number of Topliss-reactive ketones (excluding diaryl/α,β-unsaturated/α-hetero) is 1. The molecule has 1 aromatic heterocycles. The summed E-state index contributed by atoms with van der Waals surface area (Å²) >= 11 is 1.49. The van der Waals surface area contributed by atoms with Crippen LogP contribution in [0, 0.1) is 0 Å². The number of nitrogens with two attached hydrogens (primary N) is 1. The van der Waals surface area contributed by atoms with E-state index in [2.05, 4.69) is 9.97 Å². The average molecular weight is 283 g/mol. The third kappa shape index (κ3) is 2.40. The second kappa shape index (κ2) is 5.02. The lowest BCUT2D eigenvalue weighted by Gasteiger charge is -2.04. The minimum atomic E-state index is -0.0252. The zero-order valence-corrected chi connectivity index (χ0v) is 11.7. The highest BCUT2D eigenvalue weighted by Crippen LogP contribution is 2.29. The largest absolute Gasteiger partial charge is 0.398 e. The number of hydrogen-bond acceptors (Lipinski definition) is 4. The molecule has 0 fully saturated rings. The molecule has 4 nitrogen and oxygen atoms in total. The van der Waals surface area contributed by atoms with Gasteiger partial charge in [0.05, 0.1) is 11.0 Å². The summed E-state index contributed by atoms with van der Waals surface area (Å²) in [5.41, 5.74) is 8.88. The summed E-state index contributed by atoms with van der Waals surface area (Å²) in [5.74, 6) is -0.0252. The van der Waals surface area contributed by atoms with Crippen molar-refractivity contribution < 1.29 is 4.79 Å². The van der Waals surface area contributed by atoms with Gasteiger partial charge in [-0.15, -0.1) is 0 Å². The van der Waals surface area contributed by atoms with E-state index < -0.39 is 0 Å². The lowest BCUT2D eigenvalue weighted by atomic mass is 10.1. The molecular formula is C15H13N3OS. The van der Waals surface area contributed by atoms with Crippen LogP contribution in [-0.2, 0) is 0 Å². The quantitative estimate of drug-likeness (QED) is 0.570. The van der Waals surface area contributed by atoms with Crippen LogP contribution in [0.3, 0.4) is 0 Å². The molecule has 20 heavy (non-hydrogen) atoms. The molecule has 2 aromatic carbocycles. The third-order valence-electron chi connectivity index (χ3n) is 2.98. The summed E-state index contributed by atoms with van der Waals surface area (Å²) in [7, 11) is 0. The normalized spacial score (nSPS) is 10.8. The van der Waals surface area contributed by atoms with E-state index in [1.165, 1.54) is 18.7 Å². The van der Waals surface area contributed by atoms with E-state index in [0.29, 0.717) is 11.3 Å². The number of nitrogens with zero attached hydrogens (tertiary/aromatic N) is 1. The number of imidazole rings is 1. The van der Waals surface area contributed by atoms with Crippen LogP contribution in [0.15, 0.2) is 52.5 Å². The Hall–Kier alpha value is -2.27. The molecule has 0 saturated heterocycles. The molecule has 3 aromatic rings. The second-order valence-corrected chi connectivity index (χ2v) is 5.53. The number of nitrogens with one attached hydrogen (secondary N) is 1. The lowest BCUT2D eigenvalue weighted by Crippen LogP contribution is -1.99. The van der Waals surface area contributed by atoms with E-state index in [-0.39, 0.29) is 5.78 Å². The second-order valence-electron chi connectivity index (χ2n) is 4.47. The van der Waals surface area contributed by atoms with Crippen LogP contribution in [0.2, 0.25) is 0 Å². The van der Waals surface area contributed by atoms with E-state index in [1.807, 2.05) is 30.3 Å². The summed E-state index contributed by atoms with van der Waals surface area (Å²) in [6.45, 7) is 1.51. The van der Waals surface area contributed by atoms with Crippen molar-refractivity contribution in [3.63, 3.8) is 0 Å². The van der Waals surface area contributed by atoms with Crippen molar-refractivity contribution >= 4 is 34.3 Å². The van der Waals surface area contributed by atoms with Gasteiger partial charge in [-0.3, -0.25) is 4.79 Å². The SMILES string of the molecule is CC(=O)c1ccc(Sc2nc3ccccc3[nH]2)cc1N. The van der Waals surface area contributed by atoms with Crippen molar-refractivity contribution in [3.8, 4) is 0 Å². The number of carbonyl (C=O) groups is 1. The van der Waals surface area contributed by atoms with E-state index in [1.54, 1.807) is 12.1 Å². The fraction of sp³-hybridized carbons (Fsp3) is 0.0667. The number of hydrogen-bond donors (Lipinski definition) is 2. The molecule has 0 aliphatic heterocycles. The molecule has 3 rings (SSSR count). The first-order chi connectivity index (χ1) is 9.63. The van der Waals surface area contributed by atoms with Gasteiger partial charge < -0.3 is 10.7 Å². The van der Waals surface area contributed by atoms with Gasteiger partial charge in [0.25, 0.3) is 0 Å². The molecule has 0 spiro atoms. The van der Waals surface area contributed by atoms with Crippen LogP contribution in [0.4, 0.5) is 5.69 Å².